The van der Waals surface area contributed by atoms with E-state index < -0.39 is 0 Å². The summed E-state index contributed by atoms with van der Waals surface area (Å²) in [6.45, 7) is 0.444. The first-order chi connectivity index (χ1) is 9.24. The maximum Gasteiger partial charge on any atom is 0.134 e. The minimum atomic E-state index is 0.444. The zero-order chi connectivity index (χ0) is 13.2. The smallest absolute Gasteiger partial charge is 0.134 e. The summed E-state index contributed by atoms with van der Waals surface area (Å²) < 4.78 is 12.2. The molecular formula is C15H12BrNO2. The number of hydrogen-bond acceptors (Lipinski definition) is 3. The van der Waals surface area contributed by atoms with Crippen LogP contribution in [0.1, 0.15) is 5.56 Å². The fourth-order valence-corrected chi connectivity index (χ4v) is 2.33. The summed E-state index contributed by atoms with van der Waals surface area (Å²) in [4.78, 5) is 0. The first kappa shape index (κ1) is 12.1. The van der Waals surface area contributed by atoms with Crippen LogP contribution in [0, 0.1) is 0 Å². The van der Waals surface area contributed by atoms with Crippen molar-refractivity contribution in [2.45, 2.75) is 6.61 Å². The molecule has 96 valence electrons. The number of rotatable bonds is 3. The van der Waals surface area contributed by atoms with Gasteiger partial charge in [-0.1, -0.05) is 12.1 Å². The normalized spacial score (nSPS) is 10.8. The summed E-state index contributed by atoms with van der Waals surface area (Å²) in [5.41, 5.74) is 8.32. The van der Waals surface area contributed by atoms with Gasteiger partial charge in [-0.15, -0.1) is 0 Å². The lowest BCUT2D eigenvalue weighted by atomic mass is 10.1. The second-order valence-corrected chi connectivity index (χ2v) is 5.09. The average molecular weight is 318 g/mol. The molecule has 0 bridgehead atoms. The van der Waals surface area contributed by atoms with Crippen LogP contribution in [0.2, 0.25) is 0 Å². The molecule has 19 heavy (non-hydrogen) atoms. The van der Waals surface area contributed by atoms with Crippen molar-refractivity contribution in [1.29, 1.82) is 0 Å². The molecule has 0 aliphatic heterocycles. The van der Waals surface area contributed by atoms with Crippen molar-refractivity contribution in [2.75, 3.05) is 5.73 Å². The molecule has 3 aromatic rings. The number of fused-ring (bicyclic) bond motifs is 1. The van der Waals surface area contributed by atoms with Gasteiger partial charge in [0.25, 0.3) is 0 Å². The Morgan fingerprint density at radius 3 is 2.84 bits per heavy atom. The lowest BCUT2D eigenvalue weighted by Crippen LogP contribution is -1.95. The second kappa shape index (κ2) is 4.97. The Kier molecular flexibility index (Phi) is 3.17. The summed E-state index contributed by atoms with van der Waals surface area (Å²) >= 11 is 3.45. The molecule has 0 saturated carbocycles. The largest absolute Gasteiger partial charge is 0.488 e. The van der Waals surface area contributed by atoms with Crippen LogP contribution in [0.5, 0.6) is 5.75 Å². The van der Waals surface area contributed by atoms with Crippen LogP contribution in [0.25, 0.3) is 11.0 Å². The van der Waals surface area contributed by atoms with Gasteiger partial charge < -0.3 is 14.9 Å². The third-order valence-electron chi connectivity index (χ3n) is 2.90. The SMILES string of the molecule is Nc1ccc2occ(COc3ccccc3Br)c2c1. The highest BCUT2D eigenvalue weighted by atomic mass is 79.9. The first-order valence-corrected chi connectivity index (χ1v) is 6.66. The Balaban J connectivity index is 1.86. The van der Waals surface area contributed by atoms with E-state index in [4.69, 9.17) is 14.9 Å². The Bertz CT molecular complexity index is 721. The van der Waals surface area contributed by atoms with E-state index in [0.717, 1.165) is 32.4 Å². The molecule has 0 atom stereocenters. The van der Waals surface area contributed by atoms with Crippen LogP contribution in [0.4, 0.5) is 5.69 Å². The Hall–Kier alpha value is -1.94. The Morgan fingerprint density at radius 2 is 2.00 bits per heavy atom. The average Bonchev–Trinajstić information content (AvgIpc) is 2.80. The molecular weight excluding hydrogens is 306 g/mol. The van der Waals surface area contributed by atoms with E-state index in [-0.39, 0.29) is 0 Å². The highest BCUT2D eigenvalue weighted by Crippen LogP contribution is 2.27. The maximum atomic E-state index is 5.79. The summed E-state index contributed by atoms with van der Waals surface area (Å²) in [6, 6.07) is 13.3. The van der Waals surface area contributed by atoms with Crippen molar-refractivity contribution < 1.29 is 9.15 Å². The van der Waals surface area contributed by atoms with Gasteiger partial charge >= 0.3 is 0 Å². The molecule has 0 radical (unpaired) electrons. The molecule has 0 aliphatic rings. The summed E-state index contributed by atoms with van der Waals surface area (Å²) in [5.74, 6) is 0.806. The van der Waals surface area contributed by atoms with Crippen molar-refractivity contribution in [2.24, 2.45) is 0 Å². The van der Waals surface area contributed by atoms with Crippen LogP contribution < -0.4 is 10.5 Å². The summed E-state index contributed by atoms with van der Waals surface area (Å²) in [6.07, 6.45) is 1.71. The molecule has 1 heterocycles. The maximum absolute atomic E-state index is 5.79. The predicted molar refractivity (Wildman–Crippen MR) is 79.1 cm³/mol. The highest BCUT2D eigenvalue weighted by molar-refractivity contribution is 9.10. The highest BCUT2D eigenvalue weighted by Gasteiger charge is 2.08. The second-order valence-electron chi connectivity index (χ2n) is 4.24. The zero-order valence-corrected chi connectivity index (χ0v) is 11.7. The summed E-state index contributed by atoms with van der Waals surface area (Å²) in [5, 5.41) is 0.993. The number of para-hydroxylation sites is 1. The molecule has 1 aromatic heterocycles. The van der Waals surface area contributed by atoms with E-state index in [1.807, 2.05) is 42.5 Å². The monoisotopic (exact) mass is 317 g/mol. The molecule has 0 amide bonds. The van der Waals surface area contributed by atoms with Gasteiger partial charge in [-0.05, 0) is 46.3 Å². The van der Waals surface area contributed by atoms with Crippen LogP contribution in [-0.2, 0) is 6.61 Å². The minimum absolute atomic E-state index is 0.444. The molecule has 0 fully saturated rings. The van der Waals surface area contributed by atoms with Gasteiger partial charge in [0, 0.05) is 16.6 Å². The number of anilines is 1. The van der Waals surface area contributed by atoms with Crippen molar-refractivity contribution >= 4 is 32.6 Å². The molecule has 0 spiro atoms. The minimum Gasteiger partial charge on any atom is -0.488 e. The molecule has 0 saturated heterocycles. The molecule has 2 aromatic carbocycles. The predicted octanol–water partition coefficient (Wildman–Crippen LogP) is 4.36. The van der Waals surface area contributed by atoms with Crippen molar-refractivity contribution in [1.82, 2.24) is 0 Å². The standard InChI is InChI=1S/C15H12BrNO2/c16-13-3-1-2-4-15(13)19-9-10-8-18-14-6-5-11(17)7-12(10)14/h1-8H,9,17H2. The third kappa shape index (κ3) is 2.44. The number of benzene rings is 2. The number of furan rings is 1. The quantitative estimate of drug-likeness (QED) is 0.730. The molecule has 0 aliphatic carbocycles. The molecule has 3 rings (SSSR count). The van der Waals surface area contributed by atoms with E-state index in [1.54, 1.807) is 6.26 Å². The Labute approximate surface area is 119 Å². The molecule has 2 N–H and O–H groups in total. The summed E-state index contributed by atoms with van der Waals surface area (Å²) in [7, 11) is 0. The van der Waals surface area contributed by atoms with Crippen LogP contribution >= 0.6 is 15.9 Å². The van der Waals surface area contributed by atoms with Gasteiger partial charge in [0.1, 0.15) is 17.9 Å². The van der Waals surface area contributed by atoms with Gasteiger partial charge in [0.15, 0.2) is 0 Å². The van der Waals surface area contributed by atoms with Gasteiger partial charge in [0.2, 0.25) is 0 Å². The van der Waals surface area contributed by atoms with Crippen molar-refractivity contribution in [3.8, 4) is 5.75 Å². The molecule has 4 heteroatoms. The number of ether oxygens (including phenoxy) is 1. The van der Waals surface area contributed by atoms with Gasteiger partial charge in [-0.2, -0.15) is 0 Å². The van der Waals surface area contributed by atoms with Gasteiger partial charge in [0.05, 0.1) is 10.7 Å². The number of halogens is 1. The number of nitrogen functional groups attached to an aromatic ring is 1. The van der Waals surface area contributed by atoms with Crippen molar-refractivity contribution in [3.63, 3.8) is 0 Å². The van der Waals surface area contributed by atoms with E-state index in [0.29, 0.717) is 6.61 Å². The van der Waals surface area contributed by atoms with E-state index in [9.17, 15) is 0 Å². The first-order valence-electron chi connectivity index (χ1n) is 5.87. The third-order valence-corrected chi connectivity index (χ3v) is 3.55. The topological polar surface area (TPSA) is 48.4 Å². The fourth-order valence-electron chi connectivity index (χ4n) is 1.93. The number of nitrogens with two attached hydrogens (primary N) is 1. The van der Waals surface area contributed by atoms with Crippen LogP contribution in [0.3, 0.4) is 0 Å². The van der Waals surface area contributed by atoms with Gasteiger partial charge in [-0.3, -0.25) is 0 Å². The molecule has 3 nitrogen and oxygen atoms in total. The lowest BCUT2D eigenvalue weighted by molar-refractivity contribution is 0.304. The van der Waals surface area contributed by atoms with E-state index >= 15 is 0 Å². The lowest BCUT2D eigenvalue weighted by Gasteiger charge is -2.06. The van der Waals surface area contributed by atoms with Crippen molar-refractivity contribution in [3.05, 3.63) is 58.8 Å². The van der Waals surface area contributed by atoms with E-state index in [1.165, 1.54) is 0 Å². The van der Waals surface area contributed by atoms with Crippen LogP contribution in [0.15, 0.2) is 57.6 Å². The fraction of sp³-hybridized carbons (Fsp3) is 0.0667. The Morgan fingerprint density at radius 1 is 1.16 bits per heavy atom. The van der Waals surface area contributed by atoms with Crippen LogP contribution in [-0.4, -0.2) is 0 Å². The van der Waals surface area contributed by atoms with E-state index in [2.05, 4.69) is 15.9 Å². The number of hydrogen-bond donors (Lipinski definition) is 1. The molecule has 0 unspecified atom stereocenters. The zero-order valence-electron chi connectivity index (χ0n) is 10.1. The van der Waals surface area contributed by atoms with Gasteiger partial charge in [-0.25, -0.2) is 0 Å².